The lowest BCUT2D eigenvalue weighted by atomic mass is 10.1. The molecule has 0 aliphatic carbocycles. The molecule has 192 valence electrons. The number of anilines is 2. The summed E-state index contributed by atoms with van der Waals surface area (Å²) in [4.78, 5) is 31.1. The molecular weight excluding hydrogens is 540 g/mol. The zero-order valence-electron chi connectivity index (χ0n) is 19.3. The van der Waals surface area contributed by atoms with E-state index in [2.05, 4.69) is 0 Å². The maximum absolute atomic E-state index is 13.5. The number of halogens is 1. The van der Waals surface area contributed by atoms with Gasteiger partial charge in [0, 0.05) is 18.8 Å². The van der Waals surface area contributed by atoms with Crippen molar-refractivity contribution in [3.05, 3.63) is 80.5 Å². The van der Waals surface area contributed by atoms with Crippen LogP contribution in [0.3, 0.4) is 0 Å². The quantitative estimate of drug-likeness (QED) is 0.420. The fourth-order valence-corrected chi connectivity index (χ4v) is 5.95. The third-order valence-electron chi connectivity index (χ3n) is 6.02. The summed E-state index contributed by atoms with van der Waals surface area (Å²) in [7, 11) is -4.61. The second kappa shape index (κ2) is 9.78. The third-order valence-corrected chi connectivity index (χ3v) is 7.83. The summed E-state index contributed by atoms with van der Waals surface area (Å²) in [6.45, 7) is 1.61. The van der Waals surface area contributed by atoms with Crippen molar-refractivity contribution in [3.8, 4) is 0 Å². The topological polar surface area (TPSA) is 131 Å². The molecule has 1 aromatic heterocycles. The van der Waals surface area contributed by atoms with E-state index >= 15 is 0 Å². The first-order chi connectivity index (χ1) is 17.6. The molecule has 0 radical (unpaired) electrons. The number of rotatable bonds is 7. The standard InChI is InChI=1S/C24H21ClN4O6S2/c25-20-9-8-19(36-20)22(30)29(14-37(32,33)34)18-3-1-2-16-13-27(23(31)21(16)18)12-15-4-6-17(7-5-15)28-10-11-35-24(28)26/h1-9,26H,10-14H2,(H,32,33,34). The number of amides is 2. The van der Waals surface area contributed by atoms with E-state index in [9.17, 15) is 22.6 Å². The van der Waals surface area contributed by atoms with E-state index in [1.807, 2.05) is 24.3 Å². The number of hydrogen-bond donors (Lipinski definition) is 2. The molecule has 2 N–H and O–H groups in total. The minimum absolute atomic E-state index is 0.0965. The molecule has 13 heteroatoms. The van der Waals surface area contributed by atoms with Gasteiger partial charge in [-0.25, -0.2) is 0 Å². The molecule has 2 aliphatic rings. The number of thiophene rings is 1. The number of amidine groups is 1. The van der Waals surface area contributed by atoms with Crippen LogP contribution in [0.15, 0.2) is 54.6 Å². The van der Waals surface area contributed by atoms with E-state index in [1.54, 1.807) is 21.9 Å². The van der Waals surface area contributed by atoms with Crippen LogP contribution in [-0.4, -0.2) is 54.7 Å². The molecule has 1 fully saturated rings. The molecule has 0 saturated carbocycles. The molecule has 5 rings (SSSR count). The zero-order chi connectivity index (χ0) is 26.3. The molecule has 2 aliphatic heterocycles. The van der Waals surface area contributed by atoms with Gasteiger partial charge >= 0.3 is 0 Å². The summed E-state index contributed by atoms with van der Waals surface area (Å²) < 4.78 is 38.7. The Kier molecular flexibility index (Phi) is 6.67. The molecule has 3 heterocycles. The van der Waals surface area contributed by atoms with E-state index in [1.165, 1.54) is 18.2 Å². The summed E-state index contributed by atoms with van der Waals surface area (Å²) >= 11 is 6.92. The van der Waals surface area contributed by atoms with Crippen molar-refractivity contribution in [2.24, 2.45) is 0 Å². The molecule has 0 atom stereocenters. The molecule has 3 aromatic rings. The maximum Gasteiger partial charge on any atom is 0.289 e. The Hall–Kier alpha value is -3.45. The van der Waals surface area contributed by atoms with Gasteiger partial charge in [0.1, 0.15) is 6.61 Å². The minimum atomic E-state index is -4.61. The van der Waals surface area contributed by atoms with Crippen molar-refractivity contribution in [1.29, 1.82) is 5.41 Å². The second-order valence-electron chi connectivity index (χ2n) is 8.49. The number of carbonyl (C=O) groups is 2. The number of hydrogen-bond acceptors (Lipinski definition) is 7. The van der Waals surface area contributed by atoms with Crippen LogP contribution < -0.4 is 9.80 Å². The molecule has 0 unspecified atom stereocenters. The molecular formula is C24H21ClN4O6S2. The first-order valence-electron chi connectivity index (χ1n) is 11.1. The fourth-order valence-electron chi connectivity index (χ4n) is 4.38. The smallest absolute Gasteiger partial charge is 0.289 e. The highest BCUT2D eigenvalue weighted by Gasteiger charge is 2.35. The number of fused-ring (bicyclic) bond motifs is 1. The van der Waals surface area contributed by atoms with E-state index in [4.69, 9.17) is 21.7 Å². The lowest BCUT2D eigenvalue weighted by Crippen LogP contribution is -2.36. The van der Waals surface area contributed by atoms with Crippen LogP contribution in [0.25, 0.3) is 0 Å². The monoisotopic (exact) mass is 560 g/mol. The van der Waals surface area contributed by atoms with Crippen molar-refractivity contribution in [2.45, 2.75) is 13.1 Å². The Labute approximate surface area is 221 Å². The van der Waals surface area contributed by atoms with Gasteiger partial charge in [-0.05, 0) is 41.5 Å². The zero-order valence-corrected chi connectivity index (χ0v) is 21.6. The number of carbonyl (C=O) groups excluding carboxylic acids is 2. The van der Waals surface area contributed by atoms with Crippen LogP contribution in [0.1, 0.15) is 31.2 Å². The van der Waals surface area contributed by atoms with Crippen molar-refractivity contribution >= 4 is 62.3 Å². The Morgan fingerprint density at radius 2 is 1.92 bits per heavy atom. The molecule has 2 amide bonds. The van der Waals surface area contributed by atoms with Gasteiger partial charge in [0.15, 0.2) is 5.88 Å². The number of ether oxygens (including phenoxy) is 1. The highest BCUT2D eigenvalue weighted by molar-refractivity contribution is 7.85. The van der Waals surface area contributed by atoms with E-state index in [-0.39, 0.29) is 41.1 Å². The predicted molar refractivity (Wildman–Crippen MR) is 140 cm³/mol. The van der Waals surface area contributed by atoms with Crippen LogP contribution in [0, 0.1) is 5.41 Å². The second-order valence-corrected chi connectivity index (χ2v) is 11.6. The molecule has 10 nitrogen and oxygen atoms in total. The molecule has 2 aromatic carbocycles. The van der Waals surface area contributed by atoms with Crippen molar-refractivity contribution < 1.29 is 27.3 Å². The predicted octanol–water partition coefficient (Wildman–Crippen LogP) is 3.82. The summed E-state index contributed by atoms with van der Waals surface area (Å²) in [5.41, 5.74) is 2.62. The highest BCUT2D eigenvalue weighted by Crippen LogP contribution is 2.35. The van der Waals surface area contributed by atoms with Crippen molar-refractivity contribution in [2.75, 3.05) is 28.8 Å². The maximum atomic E-state index is 13.5. The first-order valence-corrected chi connectivity index (χ1v) is 13.9. The van der Waals surface area contributed by atoms with Gasteiger partial charge in [0.2, 0.25) is 0 Å². The first kappa shape index (κ1) is 25.2. The normalized spacial score (nSPS) is 15.2. The van der Waals surface area contributed by atoms with Gasteiger partial charge in [0.05, 0.1) is 27.0 Å². The Morgan fingerprint density at radius 1 is 1.16 bits per heavy atom. The van der Waals surface area contributed by atoms with Gasteiger partial charge in [-0.15, -0.1) is 11.3 Å². The Bertz CT molecular complexity index is 1510. The average Bonchev–Trinajstić information content (AvgIpc) is 3.56. The Balaban J connectivity index is 1.41. The largest absolute Gasteiger partial charge is 0.463 e. The number of nitrogens with zero attached hydrogens (tertiary/aromatic N) is 3. The van der Waals surface area contributed by atoms with Crippen LogP contribution in [0.2, 0.25) is 4.34 Å². The van der Waals surface area contributed by atoms with Gasteiger partial charge < -0.3 is 9.64 Å². The number of benzene rings is 2. The summed E-state index contributed by atoms with van der Waals surface area (Å²) in [5, 5.41) is 7.84. The van der Waals surface area contributed by atoms with Gasteiger partial charge in [0.25, 0.3) is 28.0 Å². The lowest BCUT2D eigenvalue weighted by Gasteiger charge is -2.23. The van der Waals surface area contributed by atoms with Crippen molar-refractivity contribution in [1.82, 2.24) is 4.90 Å². The molecule has 0 spiro atoms. The Morgan fingerprint density at radius 3 is 2.54 bits per heavy atom. The molecule has 1 saturated heterocycles. The fraction of sp³-hybridized carbons (Fsp3) is 0.208. The van der Waals surface area contributed by atoms with Crippen LogP contribution in [-0.2, 0) is 27.9 Å². The SMILES string of the molecule is N=C1OCCN1c1ccc(CN2Cc3cccc(N(CS(=O)(=O)O)C(=O)c4ccc(Cl)s4)c3C2=O)cc1. The van der Waals surface area contributed by atoms with Gasteiger partial charge in [-0.3, -0.25) is 29.4 Å². The van der Waals surface area contributed by atoms with Crippen LogP contribution in [0.5, 0.6) is 0 Å². The van der Waals surface area contributed by atoms with E-state index in [0.29, 0.717) is 23.1 Å². The molecule has 37 heavy (non-hydrogen) atoms. The van der Waals surface area contributed by atoms with Crippen LogP contribution in [0.4, 0.5) is 11.4 Å². The van der Waals surface area contributed by atoms with Crippen molar-refractivity contribution in [3.63, 3.8) is 0 Å². The van der Waals surface area contributed by atoms with E-state index in [0.717, 1.165) is 27.5 Å². The third kappa shape index (κ3) is 5.18. The summed E-state index contributed by atoms with van der Waals surface area (Å²) in [5.74, 6) is -2.06. The molecule has 0 bridgehead atoms. The average molecular weight is 561 g/mol. The van der Waals surface area contributed by atoms with Gasteiger partial charge in [-0.1, -0.05) is 35.9 Å². The lowest BCUT2D eigenvalue weighted by molar-refractivity contribution is 0.0767. The summed E-state index contributed by atoms with van der Waals surface area (Å²) in [6.07, 6.45) is 0. The highest BCUT2D eigenvalue weighted by atomic mass is 35.5. The van der Waals surface area contributed by atoms with Gasteiger partial charge in [-0.2, -0.15) is 8.42 Å². The van der Waals surface area contributed by atoms with Crippen LogP contribution >= 0.6 is 22.9 Å². The number of nitrogens with one attached hydrogen (secondary N) is 1. The minimum Gasteiger partial charge on any atom is -0.463 e. The summed E-state index contributed by atoms with van der Waals surface area (Å²) in [6, 6.07) is 15.4. The van der Waals surface area contributed by atoms with E-state index < -0.39 is 21.9 Å².